The van der Waals surface area contributed by atoms with Crippen LogP contribution in [0.1, 0.15) is 29.1 Å². The van der Waals surface area contributed by atoms with Gasteiger partial charge in [0.25, 0.3) is 5.91 Å². The largest absolute Gasteiger partial charge is 0.342 e. The number of carbonyl (C=O) groups excluding carboxylic acids is 1. The van der Waals surface area contributed by atoms with Crippen LogP contribution in [0.2, 0.25) is 0 Å². The number of rotatable bonds is 5. The van der Waals surface area contributed by atoms with Crippen LogP contribution in [0.3, 0.4) is 0 Å². The maximum atomic E-state index is 13.3. The summed E-state index contributed by atoms with van der Waals surface area (Å²) in [5.41, 5.74) is 3.62. The van der Waals surface area contributed by atoms with Crippen LogP contribution in [0.4, 0.5) is 0 Å². The molecule has 1 atom stereocenters. The van der Waals surface area contributed by atoms with E-state index < -0.39 is 0 Å². The fraction of sp³-hybridized carbons (Fsp3) is 0.0833. The number of para-hydroxylation sites is 1. The van der Waals surface area contributed by atoms with Crippen molar-refractivity contribution >= 4 is 11.6 Å². The molecule has 1 amide bonds. The van der Waals surface area contributed by atoms with E-state index in [0.29, 0.717) is 17.1 Å². The number of carbonyl (C=O) groups is 1. The first-order chi connectivity index (χ1) is 15.2. The van der Waals surface area contributed by atoms with E-state index in [1.807, 2.05) is 96.4 Å². The minimum atomic E-state index is -0.339. The van der Waals surface area contributed by atoms with Gasteiger partial charge in [-0.1, -0.05) is 54.6 Å². The molecule has 7 heteroatoms. The number of fused-ring (bicyclic) bond motifs is 1. The molecule has 0 saturated heterocycles. The number of hydrogen-bond donors (Lipinski definition) is 1. The third kappa shape index (κ3) is 3.57. The molecule has 0 aliphatic rings. The third-order valence-electron chi connectivity index (χ3n) is 5.10. The number of pyridine rings is 1. The van der Waals surface area contributed by atoms with Crippen molar-refractivity contribution in [3.05, 3.63) is 103 Å². The van der Waals surface area contributed by atoms with E-state index in [1.165, 1.54) is 0 Å². The predicted molar refractivity (Wildman–Crippen MR) is 118 cm³/mol. The van der Waals surface area contributed by atoms with Gasteiger partial charge in [-0.3, -0.25) is 9.20 Å². The molecule has 0 bridgehead atoms. The van der Waals surface area contributed by atoms with Crippen LogP contribution in [0.15, 0.2) is 91.3 Å². The topological polar surface area (TPSA) is 77.1 Å². The van der Waals surface area contributed by atoms with Crippen molar-refractivity contribution < 1.29 is 4.79 Å². The first-order valence-corrected chi connectivity index (χ1v) is 10.0. The summed E-state index contributed by atoms with van der Waals surface area (Å²) >= 11 is 0. The lowest BCUT2D eigenvalue weighted by Crippen LogP contribution is -2.28. The van der Waals surface area contributed by atoms with Crippen LogP contribution >= 0.6 is 0 Å². The van der Waals surface area contributed by atoms with E-state index in [4.69, 9.17) is 5.10 Å². The SMILES string of the molecule is CC(NC(=O)c1cn(-c2ccccc2)nc1-c1ccccc1)c1nnc2ccccn12. The maximum Gasteiger partial charge on any atom is 0.255 e. The Bertz CT molecular complexity index is 1340. The Kier molecular flexibility index (Phi) is 4.76. The molecule has 5 rings (SSSR count). The zero-order valence-electron chi connectivity index (χ0n) is 16.9. The van der Waals surface area contributed by atoms with Gasteiger partial charge in [0, 0.05) is 18.0 Å². The Hall–Kier alpha value is -4.26. The molecule has 0 aliphatic heterocycles. The minimum Gasteiger partial charge on any atom is -0.342 e. The molecular formula is C24H20N6O. The van der Waals surface area contributed by atoms with Gasteiger partial charge in [-0.25, -0.2) is 4.68 Å². The number of amides is 1. The van der Waals surface area contributed by atoms with Crippen molar-refractivity contribution in [2.75, 3.05) is 0 Å². The number of aromatic nitrogens is 5. The molecule has 2 aromatic carbocycles. The number of hydrogen-bond acceptors (Lipinski definition) is 4. The molecule has 7 nitrogen and oxygen atoms in total. The van der Waals surface area contributed by atoms with Crippen LogP contribution in [0.5, 0.6) is 0 Å². The second kappa shape index (κ2) is 7.87. The quantitative estimate of drug-likeness (QED) is 0.476. The van der Waals surface area contributed by atoms with E-state index in [2.05, 4.69) is 15.5 Å². The van der Waals surface area contributed by atoms with Gasteiger partial charge in [-0.05, 0) is 31.2 Å². The Morgan fingerprint density at radius 2 is 1.61 bits per heavy atom. The lowest BCUT2D eigenvalue weighted by atomic mass is 10.1. The molecule has 1 N–H and O–H groups in total. The standard InChI is InChI=1S/C24H20N6O/c1-17(23-27-26-21-14-8-9-15-29(21)23)25-24(31)20-16-30(19-12-6-3-7-13-19)28-22(20)18-10-4-2-5-11-18/h2-17H,1H3,(H,25,31). The minimum absolute atomic E-state index is 0.221. The summed E-state index contributed by atoms with van der Waals surface area (Å²) in [6.45, 7) is 1.89. The molecular weight excluding hydrogens is 388 g/mol. The van der Waals surface area contributed by atoms with Crippen molar-refractivity contribution in [2.45, 2.75) is 13.0 Å². The van der Waals surface area contributed by atoms with Crippen LogP contribution in [0.25, 0.3) is 22.6 Å². The summed E-state index contributed by atoms with van der Waals surface area (Å²) < 4.78 is 3.60. The van der Waals surface area contributed by atoms with Gasteiger partial charge in [0.2, 0.25) is 0 Å². The van der Waals surface area contributed by atoms with Gasteiger partial charge < -0.3 is 5.32 Å². The van der Waals surface area contributed by atoms with E-state index in [0.717, 1.165) is 16.9 Å². The predicted octanol–water partition coefficient (Wildman–Crippen LogP) is 4.07. The van der Waals surface area contributed by atoms with Crippen LogP contribution < -0.4 is 5.32 Å². The van der Waals surface area contributed by atoms with Crippen LogP contribution in [-0.2, 0) is 0 Å². The monoisotopic (exact) mass is 408 g/mol. The maximum absolute atomic E-state index is 13.3. The van der Waals surface area contributed by atoms with Gasteiger partial charge >= 0.3 is 0 Å². The normalized spacial score (nSPS) is 12.0. The van der Waals surface area contributed by atoms with Crippen LogP contribution in [0, 0.1) is 0 Å². The van der Waals surface area contributed by atoms with Crippen LogP contribution in [-0.4, -0.2) is 30.3 Å². The van der Waals surface area contributed by atoms with Crippen molar-refractivity contribution in [3.63, 3.8) is 0 Å². The average Bonchev–Trinajstić information content (AvgIpc) is 3.45. The third-order valence-corrected chi connectivity index (χ3v) is 5.10. The molecule has 3 aromatic heterocycles. The Balaban J connectivity index is 1.51. The first-order valence-electron chi connectivity index (χ1n) is 10.0. The highest BCUT2D eigenvalue weighted by Gasteiger charge is 2.22. The zero-order chi connectivity index (χ0) is 21.2. The van der Waals surface area contributed by atoms with Crippen molar-refractivity contribution in [2.24, 2.45) is 0 Å². The second-order valence-electron chi connectivity index (χ2n) is 7.22. The molecule has 1 unspecified atom stereocenters. The smallest absolute Gasteiger partial charge is 0.255 e. The number of nitrogens with one attached hydrogen (secondary N) is 1. The van der Waals surface area contributed by atoms with Crippen molar-refractivity contribution in [3.8, 4) is 16.9 Å². The Labute approximate surface area is 179 Å². The summed E-state index contributed by atoms with van der Waals surface area (Å²) in [4.78, 5) is 13.3. The highest BCUT2D eigenvalue weighted by molar-refractivity contribution is 6.00. The molecule has 3 heterocycles. The van der Waals surface area contributed by atoms with E-state index in [1.54, 1.807) is 10.9 Å². The van der Waals surface area contributed by atoms with Gasteiger partial charge in [-0.2, -0.15) is 5.10 Å². The lowest BCUT2D eigenvalue weighted by Gasteiger charge is -2.12. The van der Waals surface area contributed by atoms with Gasteiger partial charge in [0.1, 0.15) is 5.69 Å². The second-order valence-corrected chi connectivity index (χ2v) is 7.22. The highest BCUT2D eigenvalue weighted by atomic mass is 16.1. The van der Waals surface area contributed by atoms with Gasteiger partial charge in [0.15, 0.2) is 11.5 Å². The van der Waals surface area contributed by atoms with Gasteiger partial charge in [-0.15, -0.1) is 10.2 Å². The first kappa shape index (κ1) is 18.7. The molecule has 152 valence electrons. The van der Waals surface area contributed by atoms with Crippen molar-refractivity contribution in [1.82, 2.24) is 29.7 Å². The summed E-state index contributed by atoms with van der Waals surface area (Å²) in [6.07, 6.45) is 3.65. The summed E-state index contributed by atoms with van der Waals surface area (Å²) in [5, 5.41) is 16.2. The zero-order valence-corrected chi connectivity index (χ0v) is 16.9. The summed E-state index contributed by atoms with van der Waals surface area (Å²) in [7, 11) is 0. The van der Waals surface area contributed by atoms with E-state index in [9.17, 15) is 4.79 Å². The molecule has 31 heavy (non-hydrogen) atoms. The molecule has 0 radical (unpaired) electrons. The molecule has 0 saturated carbocycles. The fourth-order valence-electron chi connectivity index (χ4n) is 3.56. The van der Waals surface area contributed by atoms with E-state index >= 15 is 0 Å². The molecule has 0 aliphatic carbocycles. The number of nitrogens with zero attached hydrogens (tertiary/aromatic N) is 5. The number of benzene rings is 2. The van der Waals surface area contributed by atoms with E-state index in [-0.39, 0.29) is 11.9 Å². The highest BCUT2D eigenvalue weighted by Crippen LogP contribution is 2.24. The summed E-state index contributed by atoms with van der Waals surface area (Å²) in [6, 6.07) is 24.8. The average molecular weight is 408 g/mol. The fourth-order valence-corrected chi connectivity index (χ4v) is 3.56. The Morgan fingerprint density at radius 1 is 0.903 bits per heavy atom. The van der Waals surface area contributed by atoms with Crippen molar-refractivity contribution in [1.29, 1.82) is 0 Å². The molecule has 0 spiro atoms. The molecule has 0 fully saturated rings. The van der Waals surface area contributed by atoms with Gasteiger partial charge in [0.05, 0.1) is 17.3 Å². The molecule has 5 aromatic rings. The summed E-state index contributed by atoms with van der Waals surface area (Å²) in [5.74, 6) is 0.446. The Morgan fingerprint density at radius 3 is 2.39 bits per heavy atom. The lowest BCUT2D eigenvalue weighted by molar-refractivity contribution is 0.0938.